The maximum absolute atomic E-state index is 11.8. The molecule has 120 valence electrons. The zero-order valence-corrected chi connectivity index (χ0v) is 12.1. The minimum atomic E-state index is -1.59. The number of carboxylic acids is 1. The summed E-state index contributed by atoms with van der Waals surface area (Å²) in [6, 6.07) is -1.50. The van der Waals surface area contributed by atoms with Crippen LogP contribution in [0, 0.1) is 0 Å². The third-order valence-electron chi connectivity index (χ3n) is 3.65. The molecule has 1 aliphatic carbocycles. The van der Waals surface area contributed by atoms with Crippen LogP contribution in [0.3, 0.4) is 0 Å². The van der Waals surface area contributed by atoms with Crippen molar-refractivity contribution in [1.82, 2.24) is 20.3 Å². The zero-order valence-electron chi connectivity index (χ0n) is 12.1. The van der Waals surface area contributed by atoms with E-state index in [0.717, 1.165) is 6.42 Å². The zero-order chi connectivity index (χ0) is 16.2. The molecule has 4 N–H and O–H groups in total. The molecule has 9 heteroatoms. The summed E-state index contributed by atoms with van der Waals surface area (Å²) in [5, 5.41) is 19.7. The Morgan fingerprint density at radius 3 is 3.05 bits per heavy atom. The number of carboxylic acid groups (broad SMARTS) is 1. The predicted molar refractivity (Wildman–Crippen MR) is 76.2 cm³/mol. The number of amides is 2. The van der Waals surface area contributed by atoms with Crippen molar-refractivity contribution in [3.63, 3.8) is 0 Å². The van der Waals surface area contributed by atoms with E-state index < -0.39 is 23.6 Å². The number of carbonyl (C=O) groups excluding carboxylic acids is 1. The number of aromatic nitrogens is 3. The van der Waals surface area contributed by atoms with E-state index in [4.69, 9.17) is 10.5 Å². The molecular weight excluding hydrogens is 290 g/mol. The van der Waals surface area contributed by atoms with E-state index in [1.807, 2.05) is 0 Å². The van der Waals surface area contributed by atoms with E-state index in [1.165, 1.54) is 10.9 Å². The fourth-order valence-corrected chi connectivity index (χ4v) is 2.66. The minimum Gasteiger partial charge on any atom is -0.478 e. The van der Waals surface area contributed by atoms with Gasteiger partial charge in [-0.15, -0.1) is 6.58 Å². The highest BCUT2D eigenvalue weighted by atomic mass is 16.5. The summed E-state index contributed by atoms with van der Waals surface area (Å²) in [4.78, 5) is 23.0. The van der Waals surface area contributed by atoms with Crippen LogP contribution < -0.4 is 15.8 Å². The molecule has 1 aliphatic rings. The molecule has 1 aromatic rings. The second-order valence-electron chi connectivity index (χ2n) is 5.17. The van der Waals surface area contributed by atoms with Gasteiger partial charge in [0.15, 0.2) is 0 Å². The molecule has 2 amide bonds. The summed E-state index contributed by atoms with van der Waals surface area (Å²) in [7, 11) is 0. The number of allylic oxidation sites excluding steroid dienone is 1. The van der Waals surface area contributed by atoms with Gasteiger partial charge in [-0.25, -0.2) is 14.3 Å². The van der Waals surface area contributed by atoms with Crippen LogP contribution in [0.15, 0.2) is 18.9 Å². The van der Waals surface area contributed by atoms with Gasteiger partial charge in [0.2, 0.25) is 5.60 Å². The molecule has 22 heavy (non-hydrogen) atoms. The molecule has 0 aliphatic heterocycles. The fraction of sp³-hybridized carbons (Fsp3) is 0.538. The van der Waals surface area contributed by atoms with E-state index in [0.29, 0.717) is 19.4 Å². The number of nitrogens with one attached hydrogen (secondary N) is 1. The molecule has 1 aromatic heterocycles. The van der Waals surface area contributed by atoms with Crippen molar-refractivity contribution in [3.05, 3.63) is 18.9 Å². The predicted octanol–water partition coefficient (Wildman–Crippen LogP) is 0.277. The molecule has 0 radical (unpaired) electrons. The van der Waals surface area contributed by atoms with E-state index in [-0.39, 0.29) is 12.3 Å². The highest BCUT2D eigenvalue weighted by Gasteiger charge is 2.51. The van der Waals surface area contributed by atoms with Crippen molar-refractivity contribution in [2.75, 3.05) is 0 Å². The number of urea groups is 1. The maximum atomic E-state index is 11.8. The van der Waals surface area contributed by atoms with Crippen LogP contribution in [0.25, 0.3) is 0 Å². The van der Waals surface area contributed by atoms with Gasteiger partial charge in [0.25, 0.3) is 5.88 Å². The van der Waals surface area contributed by atoms with Crippen LogP contribution in [0.2, 0.25) is 0 Å². The van der Waals surface area contributed by atoms with Crippen molar-refractivity contribution in [1.29, 1.82) is 0 Å². The molecule has 2 rings (SSSR count). The number of nitrogens with two attached hydrogens (primary N) is 1. The van der Waals surface area contributed by atoms with E-state index in [1.54, 1.807) is 6.08 Å². The molecule has 0 aromatic carbocycles. The summed E-state index contributed by atoms with van der Waals surface area (Å²) in [5.74, 6) is -1.08. The third-order valence-corrected chi connectivity index (χ3v) is 3.65. The Morgan fingerprint density at radius 1 is 1.64 bits per heavy atom. The van der Waals surface area contributed by atoms with Gasteiger partial charge < -0.3 is 20.9 Å². The molecule has 1 heterocycles. The van der Waals surface area contributed by atoms with Crippen molar-refractivity contribution in [2.45, 2.75) is 43.9 Å². The number of hydrogen-bond donors (Lipinski definition) is 3. The third kappa shape index (κ3) is 3.18. The van der Waals surface area contributed by atoms with Gasteiger partial charge in [0, 0.05) is 6.42 Å². The largest absolute Gasteiger partial charge is 0.478 e. The number of primary amides is 1. The topological polar surface area (TPSA) is 132 Å². The Labute approximate surface area is 127 Å². The molecule has 2 unspecified atom stereocenters. The van der Waals surface area contributed by atoms with Crippen LogP contribution in [-0.2, 0) is 11.3 Å². The first-order valence-electron chi connectivity index (χ1n) is 6.97. The Hall–Kier alpha value is -2.58. The molecule has 0 saturated heterocycles. The van der Waals surface area contributed by atoms with Gasteiger partial charge in [-0.3, -0.25) is 0 Å². The van der Waals surface area contributed by atoms with E-state index in [2.05, 4.69) is 22.2 Å². The Morgan fingerprint density at radius 2 is 2.41 bits per heavy atom. The van der Waals surface area contributed by atoms with E-state index in [9.17, 15) is 14.7 Å². The monoisotopic (exact) mass is 309 g/mol. The molecule has 0 spiro atoms. The Balaban J connectivity index is 2.26. The van der Waals surface area contributed by atoms with Gasteiger partial charge in [0.1, 0.15) is 0 Å². The molecule has 0 bridgehead atoms. The number of rotatable bonds is 6. The molecule has 1 saturated carbocycles. The smallest absolute Gasteiger partial charge is 0.350 e. The van der Waals surface area contributed by atoms with Crippen molar-refractivity contribution >= 4 is 12.0 Å². The first kappa shape index (κ1) is 15.8. The first-order valence-corrected chi connectivity index (χ1v) is 6.97. The number of ether oxygens (including phenoxy) is 1. The normalized spacial score (nSPS) is 24.5. The van der Waals surface area contributed by atoms with Crippen LogP contribution in [0.5, 0.6) is 5.88 Å². The summed E-state index contributed by atoms with van der Waals surface area (Å²) >= 11 is 0. The van der Waals surface area contributed by atoms with Crippen LogP contribution in [0.1, 0.15) is 25.7 Å². The van der Waals surface area contributed by atoms with Gasteiger partial charge in [-0.2, -0.15) is 0 Å². The summed E-state index contributed by atoms with van der Waals surface area (Å²) < 4.78 is 7.12. The quantitative estimate of drug-likeness (QED) is 0.646. The van der Waals surface area contributed by atoms with Gasteiger partial charge in [-0.05, 0) is 12.8 Å². The van der Waals surface area contributed by atoms with Crippen molar-refractivity contribution < 1.29 is 19.4 Å². The average molecular weight is 309 g/mol. The molecule has 1 fully saturated rings. The lowest BCUT2D eigenvalue weighted by atomic mass is 9.80. The number of aliphatic carboxylic acids is 1. The number of nitrogens with zero attached hydrogens (tertiary/aromatic N) is 3. The molecule has 9 nitrogen and oxygen atoms in total. The highest BCUT2D eigenvalue weighted by molar-refractivity contribution is 5.81. The molecule has 2 atom stereocenters. The second kappa shape index (κ2) is 6.46. The van der Waals surface area contributed by atoms with Crippen molar-refractivity contribution in [2.24, 2.45) is 5.73 Å². The highest BCUT2D eigenvalue weighted by Crippen LogP contribution is 2.33. The lowest BCUT2D eigenvalue weighted by Gasteiger charge is -2.39. The lowest BCUT2D eigenvalue weighted by Crippen LogP contribution is -2.63. The molecular formula is C13H19N5O4. The summed E-state index contributed by atoms with van der Waals surface area (Å²) in [6.07, 6.45) is 5.29. The van der Waals surface area contributed by atoms with Gasteiger partial charge >= 0.3 is 12.0 Å². The van der Waals surface area contributed by atoms with Crippen LogP contribution in [0.4, 0.5) is 4.79 Å². The summed E-state index contributed by atoms with van der Waals surface area (Å²) in [6.45, 7) is 4.01. The SMILES string of the molecule is C=CCn1cc(OC2(C(=O)O)CCCCC2NC(N)=O)nn1. The Bertz CT molecular complexity index is 573. The number of hydrogen-bond acceptors (Lipinski definition) is 5. The van der Waals surface area contributed by atoms with Crippen LogP contribution in [-0.4, -0.2) is 43.7 Å². The maximum Gasteiger partial charge on any atom is 0.350 e. The lowest BCUT2D eigenvalue weighted by molar-refractivity contribution is -0.161. The van der Waals surface area contributed by atoms with E-state index >= 15 is 0 Å². The van der Waals surface area contributed by atoms with Crippen molar-refractivity contribution in [3.8, 4) is 5.88 Å². The minimum absolute atomic E-state index is 0.0856. The standard InChI is InChI=1S/C13H19N5O4/c1-2-7-18-8-10(16-17-18)22-13(11(19)20)6-4-3-5-9(13)15-12(14)21/h2,8-9H,1,3-7H2,(H,19,20)(H3,14,15,21). The second-order valence-corrected chi connectivity index (χ2v) is 5.17. The Kier molecular flexibility index (Phi) is 4.64. The number of carbonyl (C=O) groups is 2. The van der Waals surface area contributed by atoms with Gasteiger partial charge in [-0.1, -0.05) is 22.8 Å². The van der Waals surface area contributed by atoms with Crippen LogP contribution >= 0.6 is 0 Å². The fourth-order valence-electron chi connectivity index (χ4n) is 2.66. The first-order chi connectivity index (χ1) is 10.5. The average Bonchev–Trinajstić information content (AvgIpc) is 2.88. The summed E-state index contributed by atoms with van der Waals surface area (Å²) in [5.41, 5.74) is 3.54. The van der Waals surface area contributed by atoms with Gasteiger partial charge in [0.05, 0.1) is 18.8 Å².